The van der Waals surface area contributed by atoms with Crippen molar-refractivity contribution in [2.45, 2.75) is 45.1 Å². The normalized spacial score (nSPS) is 16.1. The van der Waals surface area contributed by atoms with Crippen LogP contribution in [0.5, 0.6) is 0 Å². The average Bonchev–Trinajstić information content (AvgIpc) is 2.53. The zero-order valence-electron chi connectivity index (χ0n) is 12.5. The number of hydrazone groups is 1. The molecule has 0 aliphatic heterocycles. The molecular weight excluding hydrogens is 300 g/mol. The number of benzene rings is 1. The van der Waals surface area contributed by atoms with E-state index in [1.165, 1.54) is 25.3 Å². The van der Waals surface area contributed by atoms with Gasteiger partial charge in [-0.2, -0.15) is 5.10 Å². The third-order valence-electron chi connectivity index (χ3n) is 3.76. The molecular formula is C15H20N4O2S. The molecule has 0 unspecified atom stereocenters. The van der Waals surface area contributed by atoms with E-state index in [4.69, 9.17) is 12.2 Å². The molecule has 0 saturated heterocycles. The van der Waals surface area contributed by atoms with Crippen molar-refractivity contribution in [1.82, 2.24) is 10.7 Å². The van der Waals surface area contributed by atoms with Gasteiger partial charge in [0.2, 0.25) is 0 Å². The first-order valence-electron chi connectivity index (χ1n) is 7.42. The smallest absolute Gasteiger partial charge is 0.278 e. The number of nitro benzene ring substituents is 1. The van der Waals surface area contributed by atoms with Gasteiger partial charge < -0.3 is 5.32 Å². The summed E-state index contributed by atoms with van der Waals surface area (Å²) in [6.45, 7) is 1.72. The molecule has 0 heterocycles. The topological polar surface area (TPSA) is 79.6 Å². The summed E-state index contributed by atoms with van der Waals surface area (Å²) in [6, 6.07) is 6.93. The number of nitrogens with zero attached hydrogens (tertiary/aromatic N) is 2. The lowest BCUT2D eigenvalue weighted by Crippen LogP contribution is -2.41. The van der Waals surface area contributed by atoms with Gasteiger partial charge >= 0.3 is 0 Å². The van der Waals surface area contributed by atoms with Crippen LogP contribution in [-0.4, -0.2) is 21.8 Å². The minimum Gasteiger partial charge on any atom is -0.359 e. The summed E-state index contributed by atoms with van der Waals surface area (Å²) in [5, 5.41) is 18.9. The van der Waals surface area contributed by atoms with Crippen LogP contribution in [0.3, 0.4) is 0 Å². The Bertz CT molecular complexity index is 583. The number of nitrogens with one attached hydrogen (secondary N) is 2. The third kappa shape index (κ3) is 4.49. The van der Waals surface area contributed by atoms with E-state index in [0.29, 0.717) is 22.4 Å². The molecule has 2 N–H and O–H groups in total. The molecule has 0 radical (unpaired) electrons. The second-order valence-electron chi connectivity index (χ2n) is 5.39. The molecule has 0 bridgehead atoms. The second kappa shape index (κ2) is 7.84. The Morgan fingerprint density at radius 3 is 2.68 bits per heavy atom. The Morgan fingerprint density at radius 1 is 1.32 bits per heavy atom. The number of hydrogen-bond acceptors (Lipinski definition) is 4. The Balaban J connectivity index is 1.97. The Labute approximate surface area is 135 Å². The molecule has 0 amide bonds. The maximum atomic E-state index is 11.0. The second-order valence-corrected chi connectivity index (χ2v) is 5.80. The SMILES string of the molecule is C/C(=N/NC(=S)NC1CCCCC1)c1ccccc1[N+](=O)[O-]. The van der Waals surface area contributed by atoms with Crippen LogP contribution in [0.1, 0.15) is 44.6 Å². The van der Waals surface area contributed by atoms with E-state index in [2.05, 4.69) is 15.8 Å². The monoisotopic (exact) mass is 320 g/mol. The molecule has 1 aromatic rings. The van der Waals surface area contributed by atoms with E-state index >= 15 is 0 Å². The van der Waals surface area contributed by atoms with Crippen LogP contribution in [0.2, 0.25) is 0 Å². The van der Waals surface area contributed by atoms with Gasteiger partial charge in [0.05, 0.1) is 16.2 Å². The van der Waals surface area contributed by atoms with Crippen LogP contribution in [0.4, 0.5) is 5.69 Å². The first-order chi connectivity index (χ1) is 10.6. The minimum absolute atomic E-state index is 0.0386. The van der Waals surface area contributed by atoms with Gasteiger partial charge in [0, 0.05) is 12.1 Å². The molecule has 118 valence electrons. The van der Waals surface area contributed by atoms with Crippen molar-refractivity contribution in [3.05, 3.63) is 39.9 Å². The Kier molecular flexibility index (Phi) is 5.83. The first kappa shape index (κ1) is 16.4. The van der Waals surface area contributed by atoms with Crippen LogP contribution >= 0.6 is 12.2 Å². The van der Waals surface area contributed by atoms with Crippen LogP contribution in [-0.2, 0) is 0 Å². The quantitative estimate of drug-likeness (QED) is 0.386. The van der Waals surface area contributed by atoms with Crippen molar-refractivity contribution in [2.75, 3.05) is 0 Å². The van der Waals surface area contributed by atoms with E-state index in [-0.39, 0.29) is 5.69 Å². The molecule has 1 aliphatic carbocycles. The van der Waals surface area contributed by atoms with Crippen molar-refractivity contribution in [3.8, 4) is 0 Å². The van der Waals surface area contributed by atoms with Crippen molar-refractivity contribution < 1.29 is 4.92 Å². The van der Waals surface area contributed by atoms with Crippen LogP contribution < -0.4 is 10.7 Å². The molecule has 1 aromatic carbocycles. The van der Waals surface area contributed by atoms with Gasteiger partial charge in [-0.05, 0) is 38.0 Å². The van der Waals surface area contributed by atoms with Gasteiger partial charge in [-0.15, -0.1) is 0 Å². The molecule has 1 saturated carbocycles. The van der Waals surface area contributed by atoms with Gasteiger partial charge in [-0.3, -0.25) is 15.5 Å². The molecule has 0 spiro atoms. The van der Waals surface area contributed by atoms with Gasteiger partial charge in [0.1, 0.15) is 0 Å². The number of rotatable bonds is 4. The summed E-state index contributed by atoms with van der Waals surface area (Å²) in [7, 11) is 0. The fraction of sp³-hybridized carbons (Fsp3) is 0.467. The van der Waals surface area contributed by atoms with Gasteiger partial charge in [0.15, 0.2) is 5.11 Å². The van der Waals surface area contributed by atoms with Gasteiger partial charge in [-0.1, -0.05) is 31.4 Å². The maximum absolute atomic E-state index is 11.0. The molecule has 1 aliphatic rings. The predicted molar refractivity (Wildman–Crippen MR) is 91.0 cm³/mol. The van der Waals surface area contributed by atoms with E-state index in [1.807, 2.05) is 0 Å². The van der Waals surface area contributed by atoms with Crippen molar-refractivity contribution >= 4 is 28.7 Å². The summed E-state index contributed by atoms with van der Waals surface area (Å²) in [5.74, 6) is 0. The lowest BCUT2D eigenvalue weighted by Gasteiger charge is -2.23. The first-order valence-corrected chi connectivity index (χ1v) is 7.83. The third-order valence-corrected chi connectivity index (χ3v) is 3.97. The van der Waals surface area contributed by atoms with E-state index in [0.717, 1.165) is 12.8 Å². The lowest BCUT2D eigenvalue weighted by molar-refractivity contribution is -0.385. The summed E-state index contributed by atoms with van der Waals surface area (Å²) >= 11 is 5.22. The molecule has 6 nitrogen and oxygen atoms in total. The molecule has 0 atom stereocenters. The number of hydrogen-bond donors (Lipinski definition) is 2. The van der Waals surface area contributed by atoms with E-state index < -0.39 is 4.92 Å². The number of thiocarbonyl (C=S) groups is 1. The average molecular weight is 320 g/mol. The summed E-state index contributed by atoms with van der Waals surface area (Å²) in [4.78, 5) is 10.6. The van der Waals surface area contributed by atoms with Gasteiger partial charge in [-0.25, -0.2) is 0 Å². The predicted octanol–water partition coefficient (Wildman–Crippen LogP) is 3.12. The zero-order chi connectivity index (χ0) is 15.9. The van der Waals surface area contributed by atoms with Crippen LogP contribution in [0.25, 0.3) is 0 Å². The maximum Gasteiger partial charge on any atom is 0.278 e. The Morgan fingerprint density at radius 2 is 2.00 bits per heavy atom. The molecule has 22 heavy (non-hydrogen) atoms. The minimum atomic E-state index is -0.410. The molecule has 2 rings (SSSR count). The van der Waals surface area contributed by atoms with Crippen LogP contribution in [0.15, 0.2) is 29.4 Å². The highest BCUT2D eigenvalue weighted by molar-refractivity contribution is 7.80. The molecule has 1 fully saturated rings. The lowest BCUT2D eigenvalue weighted by atomic mass is 9.96. The standard InChI is InChI=1S/C15H20N4O2S/c1-11(13-9-5-6-10-14(13)19(20)21)17-18-15(22)16-12-7-3-2-4-8-12/h5-6,9-10,12H,2-4,7-8H2,1H3,(H2,16,18,22)/b17-11-. The molecule has 7 heteroatoms. The van der Waals surface area contributed by atoms with Crippen molar-refractivity contribution in [2.24, 2.45) is 5.10 Å². The van der Waals surface area contributed by atoms with Gasteiger partial charge in [0.25, 0.3) is 5.69 Å². The van der Waals surface area contributed by atoms with Crippen molar-refractivity contribution in [3.63, 3.8) is 0 Å². The van der Waals surface area contributed by atoms with Crippen molar-refractivity contribution in [1.29, 1.82) is 0 Å². The molecule has 0 aromatic heterocycles. The van der Waals surface area contributed by atoms with E-state index in [1.54, 1.807) is 25.1 Å². The summed E-state index contributed by atoms with van der Waals surface area (Å²) < 4.78 is 0. The highest BCUT2D eigenvalue weighted by Crippen LogP contribution is 2.18. The fourth-order valence-corrected chi connectivity index (χ4v) is 2.81. The highest BCUT2D eigenvalue weighted by Gasteiger charge is 2.16. The summed E-state index contributed by atoms with van der Waals surface area (Å²) in [6.07, 6.45) is 5.97. The highest BCUT2D eigenvalue weighted by atomic mass is 32.1. The largest absolute Gasteiger partial charge is 0.359 e. The Hall–Kier alpha value is -2.02. The fourth-order valence-electron chi connectivity index (χ4n) is 2.60. The van der Waals surface area contributed by atoms with E-state index in [9.17, 15) is 10.1 Å². The number of para-hydroxylation sites is 1. The summed E-state index contributed by atoms with van der Waals surface area (Å²) in [5.41, 5.74) is 3.83. The number of nitro groups is 1. The van der Waals surface area contributed by atoms with Crippen LogP contribution in [0, 0.1) is 10.1 Å². The zero-order valence-corrected chi connectivity index (χ0v) is 13.4.